The number of guanidine groups is 1. The van der Waals surface area contributed by atoms with Crippen molar-refractivity contribution in [1.82, 2.24) is 0 Å². The molecule has 5 heteroatoms. The van der Waals surface area contributed by atoms with Crippen LogP contribution in [-0.2, 0) is 6.54 Å². The molecule has 72 valence electrons. The molecule has 0 fully saturated rings. The van der Waals surface area contributed by atoms with Crippen molar-refractivity contribution in [3.8, 4) is 6.19 Å². The maximum Gasteiger partial charge on any atom is 0.209 e. The number of aliphatic imine (C=N–C) groups is 1. The normalized spacial score (nSPS) is 10.7. The summed E-state index contributed by atoms with van der Waals surface area (Å²) in [5, 5.41) is 11.0. The molecule has 1 aromatic rings. The van der Waals surface area contributed by atoms with Crippen molar-refractivity contribution < 1.29 is 0 Å². The smallest absolute Gasteiger partial charge is 0.209 e. The van der Waals surface area contributed by atoms with Crippen LogP contribution in [0.3, 0.4) is 0 Å². The predicted octanol–water partition coefficient (Wildman–Crippen LogP) is 0.353. The van der Waals surface area contributed by atoms with Gasteiger partial charge in [-0.1, -0.05) is 12.1 Å². The van der Waals surface area contributed by atoms with E-state index in [1.54, 1.807) is 6.19 Å². The third-order valence-corrected chi connectivity index (χ3v) is 1.61. The van der Waals surface area contributed by atoms with Crippen LogP contribution in [0.5, 0.6) is 0 Å². The molecule has 14 heavy (non-hydrogen) atoms. The van der Waals surface area contributed by atoms with Gasteiger partial charge in [-0.05, 0) is 17.7 Å². The van der Waals surface area contributed by atoms with Crippen molar-refractivity contribution in [2.75, 3.05) is 5.32 Å². The number of nitrogens with zero attached hydrogens (tertiary/aromatic N) is 2. The molecule has 0 unspecified atom stereocenters. The largest absolute Gasteiger partial charge is 0.369 e. The van der Waals surface area contributed by atoms with Gasteiger partial charge < -0.3 is 16.8 Å². The molecule has 0 heterocycles. The van der Waals surface area contributed by atoms with E-state index in [9.17, 15) is 0 Å². The van der Waals surface area contributed by atoms with Crippen LogP contribution in [0, 0.1) is 11.5 Å². The van der Waals surface area contributed by atoms with Crippen molar-refractivity contribution in [2.45, 2.75) is 6.54 Å². The van der Waals surface area contributed by atoms with E-state index in [4.69, 9.17) is 16.7 Å². The van der Waals surface area contributed by atoms with Crippen LogP contribution < -0.4 is 16.8 Å². The molecular formula is C9H11N5. The van der Waals surface area contributed by atoms with Crippen LogP contribution in [-0.4, -0.2) is 5.96 Å². The SMILES string of the molecule is N#CN=C(N)Nc1cccc(CN)c1. The van der Waals surface area contributed by atoms with Gasteiger partial charge in [-0.2, -0.15) is 5.26 Å². The van der Waals surface area contributed by atoms with E-state index in [0.29, 0.717) is 6.54 Å². The molecule has 0 spiro atoms. The first kappa shape index (κ1) is 10.0. The van der Waals surface area contributed by atoms with Crippen LogP contribution >= 0.6 is 0 Å². The summed E-state index contributed by atoms with van der Waals surface area (Å²) < 4.78 is 0. The third-order valence-electron chi connectivity index (χ3n) is 1.61. The standard InChI is InChI=1S/C9H11N5/c10-5-7-2-1-3-8(4-7)14-9(12)13-6-11/h1-4H,5,10H2,(H3,12,13,14). The Kier molecular flexibility index (Phi) is 3.47. The summed E-state index contributed by atoms with van der Waals surface area (Å²) in [6, 6.07) is 7.42. The maximum atomic E-state index is 8.24. The predicted molar refractivity (Wildman–Crippen MR) is 55.2 cm³/mol. The number of anilines is 1. The lowest BCUT2D eigenvalue weighted by atomic mass is 10.2. The molecule has 0 atom stereocenters. The number of hydrogen-bond donors (Lipinski definition) is 3. The van der Waals surface area contributed by atoms with Gasteiger partial charge >= 0.3 is 0 Å². The highest BCUT2D eigenvalue weighted by molar-refractivity contribution is 5.92. The lowest BCUT2D eigenvalue weighted by Gasteiger charge is -2.04. The minimum Gasteiger partial charge on any atom is -0.369 e. The minimum atomic E-state index is 0.0710. The fraction of sp³-hybridized carbons (Fsp3) is 0.111. The van der Waals surface area contributed by atoms with Gasteiger partial charge in [-0.3, -0.25) is 0 Å². The maximum absolute atomic E-state index is 8.24. The van der Waals surface area contributed by atoms with Gasteiger partial charge in [0.25, 0.3) is 0 Å². The van der Waals surface area contributed by atoms with Gasteiger partial charge in [0, 0.05) is 12.2 Å². The summed E-state index contributed by atoms with van der Waals surface area (Å²) in [6.45, 7) is 0.463. The Morgan fingerprint density at radius 1 is 1.57 bits per heavy atom. The second-order valence-corrected chi connectivity index (χ2v) is 2.63. The highest BCUT2D eigenvalue weighted by Crippen LogP contribution is 2.09. The molecule has 0 aliphatic carbocycles. The molecule has 1 aromatic carbocycles. The van der Waals surface area contributed by atoms with E-state index in [2.05, 4.69) is 10.3 Å². The number of nitrogens with one attached hydrogen (secondary N) is 1. The summed E-state index contributed by atoms with van der Waals surface area (Å²) in [6.07, 6.45) is 1.59. The summed E-state index contributed by atoms with van der Waals surface area (Å²) >= 11 is 0. The molecular weight excluding hydrogens is 178 g/mol. The Morgan fingerprint density at radius 3 is 3.00 bits per heavy atom. The highest BCUT2D eigenvalue weighted by Gasteiger charge is 1.95. The highest BCUT2D eigenvalue weighted by atomic mass is 15.1. The summed E-state index contributed by atoms with van der Waals surface area (Å²) in [5.74, 6) is 0.0710. The summed E-state index contributed by atoms with van der Waals surface area (Å²) in [7, 11) is 0. The molecule has 0 amide bonds. The molecule has 0 radical (unpaired) electrons. The van der Waals surface area contributed by atoms with Crippen LogP contribution in [0.2, 0.25) is 0 Å². The zero-order valence-electron chi connectivity index (χ0n) is 7.57. The molecule has 5 nitrogen and oxygen atoms in total. The number of hydrogen-bond acceptors (Lipinski definition) is 3. The molecule has 5 N–H and O–H groups in total. The van der Waals surface area contributed by atoms with Gasteiger partial charge in [-0.25, -0.2) is 0 Å². The van der Waals surface area contributed by atoms with Gasteiger partial charge in [-0.15, -0.1) is 4.99 Å². The molecule has 0 saturated carbocycles. The second-order valence-electron chi connectivity index (χ2n) is 2.63. The van der Waals surface area contributed by atoms with E-state index in [1.165, 1.54) is 0 Å². The number of rotatable bonds is 2. The Bertz CT molecular complexity index is 377. The zero-order valence-corrected chi connectivity index (χ0v) is 7.57. The van der Waals surface area contributed by atoms with Crippen LogP contribution in [0.4, 0.5) is 5.69 Å². The van der Waals surface area contributed by atoms with E-state index < -0.39 is 0 Å². The van der Waals surface area contributed by atoms with Crippen LogP contribution in [0.25, 0.3) is 0 Å². The Labute approximate surface area is 82.0 Å². The fourth-order valence-corrected chi connectivity index (χ4v) is 1.01. The first-order valence-electron chi connectivity index (χ1n) is 4.04. The minimum absolute atomic E-state index is 0.0710. The monoisotopic (exact) mass is 189 g/mol. The quantitative estimate of drug-likeness (QED) is 0.355. The third kappa shape index (κ3) is 2.77. The molecule has 0 aliphatic rings. The van der Waals surface area contributed by atoms with Gasteiger partial charge in [0.05, 0.1) is 0 Å². The van der Waals surface area contributed by atoms with Gasteiger partial charge in [0.15, 0.2) is 0 Å². The molecule has 0 bridgehead atoms. The Balaban J connectivity index is 2.78. The van der Waals surface area contributed by atoms with Crippen molar-refractivity contribution in [2.24, 2.45) is 16.5 Å². The molecule has 0 aromatic heterocycles. The zero-order chi connectivity index (χ0) is 10.4. The van der Waals surface area contributed by atoms with E-state index in [-0.39, 0.29) is 5.96 Å². The van der Waals surface area contributed by atoms with Crippen molar-refractivity contribution in [3.63, 3.8) is 0 Å². The van der Waals surface area contributed by atoms with Crippen molar-refractivity contribution in [3.05, 3.63) is 29.8 Å². The average Bonchev–Trinajstić information content (AvgIpc) is 2.18. The first-order chi connectivity index (χ1) is 6.76. The molecule has 0 aliphatic heterocycles. The average molecular weight is 189 g/mol. The molecule has 0 saturated heterocycles. The second kappa shape index (κ2) is 4.84. The molecule has 1 rings (SSSR count). The fourth-order valence-electron chi connectivity index (χ4n) is 1.01. The Morgan fingerprint density at radius 2 is 2.36 bits per heavy atom. The summed E-state index contributed by atoms with van der Waals surface area (Å²) in [5.41, 5.74) is 12.6. The first-order valence-corrected chi connectivity index (χ1v) is 4.04. The Hall–Kier alpha value is -2.06. The van der Waals surface area contributed by atoms with E-state index in [0.717, 1.165) is 11.3 Å². The van der Waals surface area contributed by atoms with Crippen molar-refractivity contribution >= 4 is 11.6 Å². The van der Waals surface area contributed by atoms with Crippen LogP contribution in [0.1, 0.15) is 5.56 Å². The lowest BCUT2D eigenvalue weighted by molar-refractivity contribution is 1.07. The number of nitriles is 1. The van der Waals surface area contributed by atoms with Crippen molar-refractivity contribution in [1.29, 1.82) is 5.26 Å². The van der Waals surface area contributed by atoms with E-state index in [1.807, 2.05) is 24.3 Å². The topological polar surface area (TPSA) is 100 Å². The van der Waals surface area contributed by atoms with Gasteiger partial charge in [0.1, 0.15) is 0 Å². The number of benzene rings is 1. The number of nitrogens with two attached hydrogens (primary N) is 2. The summed E-state index contributed by atoms with van der Waals surface area (Å²) in [4.78, 5) is 3.33. The lowest BCUT2D eigenvalue weighted by Crippen LogP contribution is -2.21. The van der Waals surface area contributed by atoms with Crippen LogP contribution in [0.15, 0.2) is 29.3 Å². The van der Waals surface area contributed by atoms with E-state index >= 15 is 0 Å². The van der Waals surface area contributed by atoms with Gasteiger partial charge in [0.2, 0.25) is 12.2 Å².